The molecule has 0 bridgehead atoms. The van der Waals surface area contributed by atoms with Crippen LogP contribution >= 0.6 is 0 Å². The Bertz CT molecular complexity index is 697. The number of anilines is 1. The SMILES string of the molecule is CCc1cc(-c2cccc(N)n2)c(OC)cc1OC1CN(C)C1. The summed E-state index contributed by atoms with van der Waals surface area (Å²) in [5, 5.41) is 0. The van der Waals surface area contributed by atoms with E-state index in [1.807, 2.05) is 18.2 Å². The van der Waals surface area contributed by atoms with Crippen LogP contribution in [0.25, 0.3) is 11.3 Å². The van der Waals surface area contributed by atoms with Gasteiger partial charge < -0.3 is 15.2 Å². The lowest BCUT2D eigenvalue weighted by molar-refractivity contribution is 0.0380. The Hall–Kier alpha value is -2.27. The number of aryl methyl sites for hydroxylation is 1. The van der Waals surface area contributed by atoms with E-state index < -0.39 is 0 Å². The number of pyridine rings is 1. The normalized spacial score (nSPS) is 15.3. The molecule has 0 atom stereocenters. The van der Waals surface area contributed by atoms with Gasteiger partial charge in [0.05, 0.1) is 12.8 Å². The van der Waals surface area contributed by atoms with Gasteiger partial charge in [-0.1, -0.05) is 13.0 Å². The van der Waals surface area contributed by atoms with Gasteiger partial charge in [0.2, 0.25) is 0 Å². The molecule has 1 aromatic heterocycles. The summed E-state index contributed by atoms with van der Waals surface area (Å²) in [4.78, 5) is 6.64. The number of benzene rings is 1. The fourth-order valence-electron chi connectivity index (χ4n) is 2.86. The second-order valence-electron chi connectivity index (χ2n) is 5.92. The molecule has 2 N–H and O–H groups in total. The maximum atomic E-state index is 6.13. The predicted molar refractivity (Wildman–Crippen MR) is 91.9 cm³/mol. The molecule has 1 saturated heterocycles. The van der Waals surface area contributed by atoms with Crippen LogP contribution in [0.4, 0.5) is 5.82 Å². The lowest BCUT2D eigenvalue weighted by Crippen LogP contribution is -2.51. The van der Waals surface area contributed by atoms with Crippen LogP contribution in [0.1, 0.15) is 12.5 Å². The Labute approximate surface area is 137 Å². The quantitative estimate of drug-likeness (QED) is 0.919. The zero-order chi connectivity index (χ0) is 16.4. The average molecular weight is 313 g/mol. The zero-order valence-electron chi connectivity index (χ0n) is 13.9. The van der Waals surface area contributed by atoms with Crippen LogP contribution in [0, 0.1) is 0 Å². The highest BCUT2D eigenvalue weighted by Gasteiger charge is 2.26. The molecule has 1 aliphatic rings. The first kappa shape index (κ1) is 15.6. The highest BCUT2D eigenvalue weighted by Crippen LogP contribution is 2.36. The molecule has 0 aliphatic carbocycles. The molecule has 0 amide bonds. The summed E-state index contributed by atoms with van der Waals surface area (Å²) >= 11 is 0. The third-order valence-corrected chi connectivity index (χ3v) is 4.13. The van der Waals surface area contributed by atoms with Gasteiger partial charge in [0, 0.05) is 24.7 Å². The largest absolute Gasteiger partial charge is 0.496 e. The van der Waals surface area contributed by atoms with Gasteiger partial charge in [-0.05, 0) is 37.2 Å². The van der Waals surface area contributed by atoms with Crippen molar-refractivity contribution in [2.75, 3.05) is 33.0 Å². The van der Waals surface area contributed by atoms with Gasteiger partial charge >= 0.3 is 0 Å². The van der Waals surface area contributed by atoms with Gasteiger partial charge in [-0.2, -0.15) is 0 Å². The minimum absolute atomic E-state index is 0.256. The monoisotopic (exact) mass is 313 g/mol. The molecular weight excluding hydrogens is 290 g/mol. The lowest BCUT2D eigenvalue weighted by Gasteiger charge is -2.36. The van der Waals surface area contributed by atoms with Crippen molar-refractivity contribution < 1.29 is 9.47 Å². The Morgan fingerprint density at radius 3 is 2.65 bits per heavy atom. The molecule has 5 nitrogen and oxygen atoms in total. The van der Waals surface area contributed by atoms with Crippen molar-refractivity contribution in [3.05, 3.63) is 35.9 Å². The second kappa shape index (κ2) is 6.46. The molecular formula is C18H23N3O2. The van der Waals surface area contributed by atoms with E-state index in [1.54, 1.807) is 13.2 Å². The number of likely N-dealkylation sites (tertiary alicyclic amines) is 1. The number of rotatable bonds is 5. The molecule has 3 rings (SSSR count). The fourth-order valence-corrected chi connectivity index (χ4v) is 2.86. The first-order valence-corrected chi connectivity index (χ1v) is 7.89. The van der Waals surface area contributed by atoms with Crippen molar-refractivity contribution in [2.45, 2.75) is 19.4 Å². The summed E-state index contributed by atoms with van der Waals surface area (Å²) in [5.41, 5.74) is 8.71. The Morgan fingerprint density at radius 2 is 2.04 bits per heavy atom. The van der Waals surface area contributed by atoms with E-state index in [-0.39, 0.29) is 6.10 Å². The van der Waals surface area contributed by atoms with E-state index >= 15 is 0 Å². The summed E-state index contributed by atoms with van der Waals surface area (Å²) in [6.45, 7) is 4.05. The van der Waals surface area contributed by atoms with E-state index in [2.05, 4.69) is 29.9 Å². The van der Waals surface area contributed by atoms with Crippen molar-refractivity contribution >= 4 is 5.82 Å². The number of hydrogen-bond acceptors (Lipinski definition) is 5. The Kier molecular flexibility index (Phi) is 4.39. The summed E-state index contributed by atoms with van der Waals surface area (Å²) < 4.78 is 11.7. The van der Waals surface area contributed by atoms with Gasteiger partial charge in [-0.25, -0.2) is 4.98 Å². The molecule has 2 aromatic rings. The Balaban J connectivity index is 1.97. The molecule has 1 fully saturated rings. The second-order valence-corrected chi connectivity index (χ2v) is 5.92. The number of likely N-dealkylation sites (N-methyl/N-ethyl adjacent to an activating group) is 1. The smallest absolute Gasteiger partial charge is 0.131 e. The number of hydrogen-bond donors (Lipinski definition) is 1. The topological polar surface area (TPSA) is 60.6 Å². The van der Waals surface area contributed by atoms with E-state index in [9.17, 15) is 0 Å². The molecule has 0 radical (unpaired) electrons. The first-order chi connectivity index (χ1) is 11.1. The molecule has 0 unspecified atom stereocenters. The lowest BCUT2D eigenvalue weighted by atomic mass is 10.0. The van der Waals surface area contributed by atoms with Crippen LogP contribution in [-0.2, 0) is 6.42 Å². The Morgan fingerprint density at radius 1 is 1.26 bits per heavy atom. The number of aromatic nitrogens is 1. The minimum Gasteiger partial charge on any atom is -0.496 e. The number of nitrogens with two attached hydrogens (primary N) is 1. The highest BCUT2D eigenvalue weighted by atomic mass is 16.5. The van der Waals surface area contributed by atoms with E-state index in [0.29, 0.717) is 5.82 Å². The van der Waals surface area contributed by atoms with Crippen LogP contribution in [0.15, 0.2) is 30.3 Å². The average Bonchev–Trinajstić information content (AvgIpc) is 2.52. The van der Waals surface area contributed by atoms with Crippen molar-refractivity contribution in [3.63, 3.8) is 0 Å². The van der Waals surface area contributed by atoms with Gasteiger partial charge in [0.1, 0.15) is 23.4 Å². The standard InChI is InChI=1S/C18H23N3O2/c1-4-12-8-14(15-6-5-7-18(19)20-15)17(22-3)9-16(12)23-13-10-21(2)11-13/h5-9,13H,4,10-11H2,1-3H3,(H2,19,20). The van der Waals surface area contributed by atoms with Gasteiger partial charge in [-0.3, -0.25) is 4.90 Å². The molecule has 122 valence electrons. The summed E-state index contributed by atoms with van der Waals surface area (Å²) in [6, 6.07) is 9.68. The zero-order valence-corrected chi connectivity index (χ0v) is 13.9. The summed E-state index contributed by atoms with van der Waals surface area (Å²) in [7, 11) is 3.76. The van der Waals surface area contributed by atoms with Crippen LogP contribution in [-0.4, -0.2) is 43.2 Å². The van der Waals surface area contributed by atoms with Crippen molar-refractivity contribution in [1.29, 1.82) is 0 Å². The third-order valence-electron chi connectivity index (χ3n) is 4.13. The fraction of sp³-hybridized carbons (Fsp3) is 0.389. The molecule has 0 saturated carbocycles. The minimum atomic E-state index is 0.256. The third kappa shape index (κ3) is 3.24. The predicted octanol–water partition coefficient (Wildman–Crippen LogP) is 2.59. The van der Waals surface area contributed by atoms with Gasteiger partial charge in [0.25, 0.3) is 0 Å². The van der Waals surface area contributed by atoms with Gasteiger partial charge in [-0.15, -0.1) is 0 Å². The maximum absolute atomic E-state index is 6.13. The number of nitrogen functional groups attached to an aromatic ring is 1. The maximum Gasteiger partial charge on any atom is 0.131 e. The van der Waals surface area contributed by atoms with E-state index in [1.165, 1.54) is 0 Å². The molecule has 23 heavy (non-hydrogen) atoms. The van der Waals surface area contributed by atoms with Crippen LogP contribution < -0.4 is 15.2 Å². The van der Waals surface area contributed by atoms with E-state index in [4.69, 9.17) is 15.2 Å². The molecule has 1 aliphatic heterocycles. The molecule has 0 spiro atoms. The van der Waals surface area contributed by atoms with Crippen LogP contribution in [0.2, 0.25) is 0 Å². The summed E-state index contributed by atoms with van der Waals surface area (Å²) in [6.07, 6.45) is 1.14. The number of ether oxygens (including phenoxy) is 2. The van der Waals surface area contributed by atoms with Crippen LogP contribution in [0.5, 0.6) is 11.5 Å². The van der Waals surface area contributed by atoms with Crippen molar-refractivity contribution in [3.8, 4) is 22.8 Å². The van der Waals surface area contributed by atoms with Crippen molar-refractivity contribution in [2.24, 2.45) is 0 Å². The van der Waals surface area contributed by atoms with Gasteiger partial charge in [0.15, 0.2) is 0 Å². The van der Waals surface area contributed by atoms with E-state index in [0.717, 1.165) is 47.8 Å². The first-order valence-electron chi connectivity index (χ1n) is 7.89. The number of methoxy groups -OCH3 is 1. The molecule has 2 heterocycles. The van der Waals surface area contributed by atoms with Crippen molar-refractivity contribution in [1.82, 2.24) is 9.88 Å². The molecule has 5 heteroatoms. The highest BCUT2D eigenvalue weighted by molar-refractivity contribution is 5.71. The van der Waals surface area contributed by atoms with Crippen LogP contribution in [0.3, 0.4) is 0 Å². The summed E-state index contributed by atoms with van der Waals surface area (Å²) in [5.74, 6) is 2.15. The number of nitrogens with zero attached hydrogens (tertiary/aromatic N) is 2. The molecule has 1 aromatic carbocycles.